The highest BCUT2D eigenvalue weighted by Crippen LogP contribution is 2.24. The van der Waals surface area contributed by atoms with E-state index in [1.54, 1.807) is 10.8 Å². The van der Waals surface area contributed by atoms with Gasteiger partial charge in [0.25, 0.3) is 0 Å². The first-order valence-electron chi connectivity index (χ1n) is 5.34. The van der Waals surface area contributed by atoms with Crippen LogP contribution in [0.3, 0.4) is 0 Å². The zero-order valence-electron chi connectivity index (χ0n) is 8.52. The van der Waals surface area contributed by atoms with E-state index in [9.17, 15) is 0 Å². The van der Waals surface area contributed by atoms with Crippen molar-refractivity contribution in [3.63, 3.8) is 0 Å². The molecular weight excluding hydrogens is 212 g/mol. The first-order chi connectivity index (χ1) is 7.00. The third kappa shape index (κ3) is 7.44. The first-order valence-corrected chi connectivity index (χ1v) is 7.51. The Hall–Kier alpha value is 0.0400. The molecule has 0 saturated heterocycles. The molecule has 0 unspecified atom stereocenters. The van der Waals surface area contributed by atoms with E-state index in [1.165, 1.54) is 55.9 Å². The Morgan fingerprint density at radius 2 is 1.71 bits per heavy atom. The van der Waals surface area contributed by atoms with Gasteiger partial charge < -0.3 is 0 Å². The van der Waals surface area contributed by atoms with Gasteiger partial charge in [-0.1, -0.05) is 31.8 Å². The summed E-state index contributed by atoms with van der Waals surface area (Å²) in [4.78, 5) is 0. The maximum absolute atomic E-state index is 4.09. The molecular formula is C10H18N2S2. The molecule has 1 heterocycles. The summed E-state index contributed by atoms with van der Waals surface area (Å²) >= 11 is 0. The summed E-state index contributed by atoms with van der Waals surface area (Å²) in [7, 11) is 3.12. The largest absolute Gasteiger partial charge is 0.181 e. The second-order valence-corrected chi connectivity index (χ2v) is 5.20. The second kappa shape index (κ2) is 9.59. The number of allylic oxidation sites excluding steroid dienone is 1. The summed E-state index contributed by atoms with van der Waals surface area (Å²) in [5, 5.41) is 6.21. The molecule has 0 fully saturated rings. The average Bonchev–Trinajstić information content (AvgIpc) is 2.22. The monoisotopic (exact) mass is 230 g/mol. The van der Waals surface area contributed by atoms with Crippen molar-refractivity contribution in [1.82, 2.24) is 0 Å². The molecule has 0 amide bonds. The van der Waals surface area contributed by atoms with Crippen LogP contribution in [0.2, 0.25) is 0 Å². The molecule has 0 bridgehead atoms. The van der Waals surface area contributed by atoms with Gasteiger partial charge in [0.05, 0.1) is 17.5 Å². The van der Waals surface area contributed by atoms with Crippen LogP contribution in [0, 0.1) is 0 Å². The third-order valence-electron chi connectivity index (χ3n) is 2.16. The SMILES string of the molecule is C1=CSSN=NCCCCCCCC1. The summed E-state index contributed by atoms with van der Waals surface area (Å²) in [5.74, 6) is 0. The van der Waals surface area contributed by atoms with Crippen LogP contribution in [-0.4, -0.2) is 6.54 Å². The Labute approximate surface area is 94.6 Å². The van der Waals surface area contributed by atoms with Gasteiger partial charge in [-0.2, -0.15) is 5.11 Å². The quantitative estimate of drug-likeness (QED) is 0.432. The molecule has 1 aliphatic heterocycles. The normalized spacial score (nSPS) is 21.7. The molecule has 0 radical (unpaired) electrons. The Morgan fingerprint density at radius 3 is 2.64 bits per heavy atom. The lowest BCUT2D eigenvalue weighted by Gasteiger charge is -1.99. The van der Waals surface area contributed by atoms with Crippen LogP contribution in [0.5, 0.6) is 0 Å². The molecule has 0 N–H and O–H groups in total. The van der Waals surface area contributed by atoms with Crippen molar-refractivity contribution in [1.29, 1.82) is 0 Å². The highest BCUT2D eigenvalue weighted by Gasteiger charge is 1.91. The average molecular weight is 230 g/mol. The van der Waals surface area contributed by atoms with E-state index in [1.807, 2.05) is 0 Å². The van der Waals surface area contributed by atoms with Gasteiger partial charge in [0.15, 0.2) is 0 Å². The van der Waals surface area contributed by atoms with E-state index < -0.39 is 0 Å². The van der Waals surface area contributed by atoms with Crippen molar-refractivity contribution in [3.05, 3.63) is 11.5 Å². The van der Waals surface area contributed by atoms with Crippen LogP contribution in [0.4, 0.5) is 0 Å². The number of hydrogen-bond acceptors (Lipinski definition) is 4. The lowest BCUT2D eigenvalue weighted by atomic mass is 10.1. The smallest absolute Gasteiger partial charge is 0.0716 e. The van der Waals surface area contributed by atoms with Gasteiger partial charge in [-0.3, -0.25) is 0 Å². The van der Waals surface area contributed by atoms with Crippen molar-refractivity contribution in [2.75, 3.05) is 6.54 Å². The minimum atomic E-state index is 0.900. The van der Waals surface area contributed by atoms with Crippen LogP contribution >= 0.6 is 21.8 Å². The Kier molecular flexibility index (Phi) is 8.30. The highest BCUT2D eigenvalue weighted by atomic mass is 33.1. The molecule has 0 spiro atoms. The van der Waals surface area contributed by atoms with E-state index in [0.29, 0.717) is 0 Å². The molecule has 0 atom stereocenters. The Balaban J connectivity index is 2.17. The van der Waals surface area contributed by atoms with E-state index in [4.69, 9.17) is 0 Å². The summed E-state index contributed by atoms with van der Waals surface area (Å²) in [6.07, 6.45) is 11.4. The lowest BCUT2D eigenvalue weighted by Crippen LogP contribution is -1.82. The Bertz CT molecular complexity index is 161. The van der Waals surface area contributed by atoms with Gasteiger partial charge >= 0.3 is 0 Å². The van der Waals surface area contributed by atoms with Crippen molar-refractivity contribution in [3.8, 4) is 0 Å². The molecule has 80 valence electrons. The van der Waals surface area contributed by atoms with Crippen molar-refractivity contribution in [2.24, 2.45) is 9.63 Å². The van der Waals surface area contributed by atoms with Crippen LogP contribution < -0.4 is 0 Å². The molecule has 0 aromatic heterocycles. The van der Waals surface area contributed by atoms with E-state index in [2.05, 4.69) is 21.1 Å². The predicted octanol–water partition coefficient (Wildman–Crippen LogP) is 4.99. The molecule has 14 heavy (non-hydrogen) atoms. The zero-order valence-corrected chi connectivity index (χ0v) is 10.2. The molecule has 4 heteroatoms. The first kappa shape index (κ1) is 12.1. The molecule has 0 aromatic carbocycles. The second-order valence-electron chi connectivity index (χ2n) is 3.40. The van der Waals surface area contributed by atoms with Crippen LogP contribution in [0.1, 0.15) is 44.9 Å². The summed E-state index contributed by atoms with van der Waals surface area (Å²) in [6.45, 7) is 0.900. The van der Waals surface area contributed by atoms with Crippen LogP contribution in [-0.2, 0) is 0 Å². The van der Waals surface area contributed by atoms with Gasteiger partial charge in [-0.25, -0.2) is 0 Å². The van der Waals surface area contributed by atoms with Gasteiger partial charge in [0, 0.05) is 0 Å². The lowest BCUT2D eigenvalue weighted by molar-refractivity contribution is 0.598. The zero-order chi connectivity index (χ0) is 9.90. The standard InChI is InChI=1S/C10H18N2S2/c1-2-4-6-8-10-13-14-12-11-9-7-5-3-1/h8,10H,1-7,9H2. The summed E-state index contributed by atoms with van der Waals surface area (Å²) in [6, 6.07) is 0. The maximum Gasteiger partial charge on any atom is 0.0716 e. The van der Waals surface area contributed by atoms with Crippen molar-refractivity contribution < 1.29 is 0 Å². The number of hydrogen-bond donors (Lipinski definition) is 0. The van der Waals surface area contributed by atoms with E-state index in [-0.39, 0.29) is 0 Å². The fourth-order valence-electron chi connectivity index (χ4n) is 1.37. The summed E-state index contributed by atoms with van der Waals surface area (Å²) < 4.78 is 4.01. The molecule has 1 rings (SSSR count). The predicted molar refractivity (Wildman–Crippen MR) is 66.4 cm³/mol. The minimum absolute atomic E-state index is 0.900. The fourth-order valence-corrected chi connectivity index (χ4v) is 2.44. The molecule has 0 aliphatic carbocycles. The third-order valence-corrected chi connectivity index (χ3v) is 3.53. The van der Waals surface area contributed by atoms with Gasteiger partial charge in [-0.05, 0) is 35.5 Å². The van der Waals surface area contributed by atoms with E-state index >= 15 is 0 Å². The molecule has 0 aromatic rings. The maximum atomic E-state index is 4.09. The molecule has 0 saturated carbocycles. The molecule has 2 nitrogen and oxygen atoms in total. The summed E-state index contributed by atoms with van der Waals surface area (Å²) in [5.41, 5.74) is 0. The highest BCUT2D eigenvalue weighted by molar-refractivity contribution is 8.77. The molecule has 1 aliphatic rings. The van der Waals surface area contributed by atoms with Crippen LogP contribution in [0.25, 0.3) is 0 Å². The Morgan fingerprint density at radius 1 is 0.929 bits per heavy atom. The number of nitrogens with zero attached hydrogens (tertiary/aromatic N) is 2. The minimum Gasteiger partial charge on any atom is -0.181 e. The van der Waals surface area contributed by atoms with Crippen LogP contribution in [0.15, 0.2) is 21.1 Å². The van der Waals surface area contributed by atoms with Crippen molar-refractivity contribution in [2.45, 2.75) is 44.9 Å². The topological polar surface area (TPSA) is 24.7 Å². The van der Waals surface area contributed by atoms with E-state index in [0.717, 1.165) is 6.54 Å². The van der Waals surface area contributed by atoms with Gasteiger partial charge in [0.2, 0.25) is 0 Å². The fraction of sp³-hybridized carbons (Fsp3) is 0.800. The van der Waals surface area contributed by atoms with Gasteiger partial charge in [-0.15, -0.1) is 4.52 Å². The number of rotatable bonds is 0. The van der Waals surface area contributed by atoms with Gasteiger partial charge in [0.1, 0.15) is 0 Å². The van der Waals surface area contributed by atoms with Crippen molar-refractivity contribution >= 4 is 21.8 Å².